The Bertz CT molecular complexity index is 434. The second kappa shape index (κ2) is 6.27. The summed E-state index contributed by atoms with van der Waals surface area (Å²) < 4.78 is 10.6. The molecule has 0 aliphatic carbocycles. The first kappa shape index (κ1) is 12.7. The molecule has 1 aliphatic rings. The van der Waals surface area contributed by atoms with Crippen molar-refractivity contribution in [3.8, 4) is 11.8 Å². The van der Waals surface area contributed by atoms with Gasteiger partial charge in [-0.25, -0.2) is 0 Å². The van der Waals surface area contributed by atoms with E-state index in [0.717, 1.165) is 44.0 Å². The molecule has 0 bridgehead atoms. The average molecular weight is 246 g/mol. The van der Waals surface area contributed by atoms with Gasteiger partial charge in [0.25, 0.3) is 0 Å². The van der Waals surface area contributed by atoms with Crippen molar-refractivity contribution >= 4 is 5.69 Å². The fourth-order valence-electron chi connectivity index (χ4n) is 2.11. The topological polar surface area (TPSA) is 54.3 Å². The van der Waals surface area contributed by atoms with Crippen LogP contribution in [0.5, 0.6) is 5.75 Å². The molecule has 0 aromatic heterocycles. The van der Waals surface area contributed by atoms with Crippen molar-refractivity contribution in [2.75, 3.05) is 32.2 Å². The van der Waals surface area contributed by atoms with Crippen molar-refractivity contribution in [2.24, 2.45) is 5.92 Å². The van der Waals surface area contributed by atoms with E-state index in [0.29, 0.717) is 11.5 Å². The summed E-state index contributed by atoms with van der Waals surface area (Å²) in [5.41, 5.74) is 1.56. The van der Waals surface area contributed by atoms with E-state index >= 15 is 0 Å². The molecule has 1 aromatic rings. The number of hydrogen-bond acceptors (Lipinski definition) is 4. The quantitative estimate of drug-likeness (QED) is 0.886. The number of hydrogen-bond donors (Lipinski definition) is 1. The fourth-order valence-corrected chi connectivity index (χ4v) is 2.11. The van der Waals surface area contributed by atoms with Crippen LogP contribution in [0.3, 0.4) is 0 Å². The monoisotopic (exact) mass is 246 g/mol. The van der Waals surface area contributed by atoms with Crippen molar-refractivity contribution < 1.29 is 9.47 Å². The summed E-state index contributed by atoms with van der Waals surface area (Å²) in [6, 6.07) is 7.57. The first-order chi connectivity index (χ1) is 8.83. The van der Waals surface area contributed by atoms with Gasteiger partial charge in [0.15, 0.2) is 0 Å². The van der Waals surface area contributed by atoms with Crippen molar-refractivity contribution in [2.45, 2.75) is 12.8 Å². The third-order valence-electron chi connectivity index (χ3n) is 3.25. The van der Waals surface area contributed by atoms with E-state index < -0.39 is 0 Å². The highest BCUT2D eigenvalue weighted by molar-refractivity contribution is 5.59. The fraction of sp³-hybridized carbons (Fsp3) is 0.500. The number of nitrogens with zero attached hydrogens (tertiary/aromatic N) is 1. The minimum absolute atomic E-state index is 0.614. The molecule has 4 nitrogen and oxygen atoms in total. The first-order valence-corrected chi connectivity index (χ1v) is 6.23. The molecule has 18 heavy (non-hydrogen) atoms. The molecule has 4 heteroatoms. The molecule has 0 unspecified atom stereocenters. The van der Waals surface area contributed by atoms with Gasteiger partial charge in [0.1, 0.15) is 5.75 Å². The maximum Gasteiger partial charge on any atom is 0.143 e. The number of rotatable bonds is 4. The molecule has 1 aliphatic heterocycles. The van der Waals surface area contributed by atoms with Crippen LogP contribution in [0.15, 0.2) is 18.2 Å². The standard InChI is InChI=1S/C14H18N2O2/c1-17-14-8-12(9-15)2-3-13(14)16-10-11-4-6-18-7-5-11/h2-3,8,11,16H,4-7,10H2,1H3. The van der Waals surface area contributed by atoms with Crippen molar-refractivity contribution in [3.05, 3.63) is 23.8 Å². The number of ether oxygens (including phenoxy) is 2. The van der Waals surface area contributed by atoms with Crippen molar-refractivity contribution in [1.82, 2.24) is 0 Å². The Hall–Kier alpha value is -1.73. The van der Waals surface area contributed by atoms with Crippen LogP contribution in [-0.4, -0.2) is 26.9 Å². The highest BCUT2D eigenvalue weighted by Crippen LogP contribution is 2.26. The van der Waals surface area contributed by atoms with E-state index in [9.17, 15) is 0 Å². The predicted molar refractivity (Wildman–Crippen MR) is 69.7 cm³/mol. The molecule has 0 saturated carbocycles. The highest BCUT2D eigenvalue weighted by Gasteiger charge is 2.14. The summed E-state index contributed by atoms with van der Waals surface area (Å²) in [5, 5.41) is 12.2. The highest BCUT2D eigenvalue weighted by atomic mass is 16.5. The molecule has 1 N–H and O–H groups in total. The lowest BCUT2D eigenvalue weighted by Crippen LogP contribution is -2.22. The summed E-state index contributed by atoms with van der Waals surface area (Å²) in [4.78, 5) is 0. The molecule has 1 fully saturated rings. The number of anilines is 1. The number of benzene rings is 1. The zero-order valence-electron chi connectivity index (χ0n) is 10.6. The van der Waals surface area contributed by atoms with E-state index in [2.05, 4.69) is 11.4 Å². The second-order valence-electron chi connectivity index (χ2n) is 4.46. The summed E-state index contributed by atoms with van der Waals surface area (Å²) in [5.74, 6) is 1.38. The third kappa shape index (κ3) is 3.14. The van der Waals surface area contributed by atoms with Crippen molar-refractivity contribution in [3.63, 3.8) is 0 Å². The van der Waals surface area contributed by atoms with Gasteiger partial charge >= 0.3 is 0 Å². The Morgan fingerprint density at radius 1 is 1.44 bits per heavy atom. The van der Waals surface area contributed by atoms with E-state index in [-0.39, 0.29) is 0 Å². The largest absolute Gasteiger partial charge is 0.495 e. The van der Waals surface area contributed by atoms with Gasteiger partial charge in [-0.05, 0) is 30.9 Å². The Morgan fingerprint density at radius 2 is 2.22 bits per heavy atom. The van der Waals surface area contributed by atoms with Crippen LogP contribution in [0, 0.1) is 17.2 Å². The second-order valence-corrected chi connectivity index (χ2v) is 4.46. The lowest BCUT2D eigenvalue weighted by molar-refractivity contribution is 0.0699. The molecule has 1 aromatic carbocycles. The van der Waals surface area contributed by atoms with E-state index in [1.165, 1.54) is 0 Å². The summed E-state index contributed by atoms with van der Waals surface area (Å²) in [6.07, 6.45) is 2.21. The van der Waals surface area contributed by atoms with E-state index in [4.69, 9.17) is 14.7 Å². The van der Waals surface area contributed by atoms with E-state index in [1.807, 2.05) is 6.07 Å². The molecule has 0 radical (unpaired) electrons. The molecule has 0 amide bonds. The lowest BCUT2D eigenvalue weighted by atomic mass is 10.0. The summed E-state index contributed by atoms with van der Waals surface area (Å²) in [7, 11) is 1.62. The number of nitriles is 1. The molecule has 0 atom stereocenters. The van der Waals surface area contributed by atoms with Crippen LogP contribution in [0.1, 0.15) is 18.4 Å². The van der Waals surface area contributed by atoms with E-state index in [1.54, 1.807) is 19.2 Å². The average Bonchev–Trinajstić information content (AvgIpc) is 2.46. The molecular weight excluding hydrogens is 228 g/mol. The zero-order valence-corrected chi connectivity index (χ0v) is 10.6. The maximum atomic E-state index is 8.84. The van der Waals surface area contributed by atoms with Gasteiger partial charge in [-0.2, -0.15) is 5.26 Å². The van der Waals surface area contributed by atoms with Gasteiger partial charge in [0, 0.05) is 25.8 Å². The number of nitrogens with one attached hydrogen (secondary N) is 1. The van der Waals surface area contributed by atoms with Crippen molar-refractivity contribution in [1.29, 1.82) is 5.26 Å². The maximum absolute atomic E-state index is 8.84. The lowest BCUT2D eigenvalue weighted by Gasteiger charge is -2.23. The minimum Gasteiger partial charge on any atom is -0.495 e. The SMILES string of the molecule is COc1cc(C#N)ccc1NCC1CCOCC1. The van der Waals surface area contributed by atoms with Crippen LogP contribution < -0.4 is 10.1 Å². The smallest absolute Gasteiger partial charge is 0.143 e. The van der Waals surface area contributed by atoms with Gasteiger partial charge in [0.2, 0.25) is 0 Å². The molecule has 1 saturated heterocycles. The van der Waals surface area contributed by atoms with Crippen LogP contribution in [0.2, 0.25) is 0 Å². The van der Waals surface area contributed by atoms with Gasteiger partial charge < -0.3 is 14.8 Å². The Balaban J connectivity index is 1.98. The van der Waals surface area contributed by atoms with Crippen LogP contribution in [0.25, 0.3) is 0 Å². The first-order valence-electron chi connectivity index (χ1n) is 6.23. The van der Waals surface area contributed by atoms with Crippen LogP contribution in [-0.2, 0) is 4.74 Å². The predicted octanol–water partition coefficient (Wildman–Crippen LogP) is 2.41. The van der Waals surface area contributed by atoms with Crippen LogP contribution in [0.4, 0.5) is 5.69 Å². The third-order valence-corrected chi connectivity index (χ3v) is 3.25. The zero-order chi connectivity index (χ0) is 12.8. The van der Waals surface area contributed by atoms with Crippen LogP contribution >= 0.6 is 0 Å². The normalized spacial score (nSPS) is 16.0. The van der Waals surface area contributed by atoms with Gasteiger partial charge in [0.05, 0.1) is 24.4 Å². The molecule has 0 spiro atoms. The Kier molecular flexibility index (Phi) is 4.43. The molecule has 1 heterocycles. The Labute approximate surface area is 108 Å². The molecule has 2 rings (SSSR count). The summed E-state index contributed by atoms with van der Waals surface area (Å²) in [6.45, 7) is 2.64. The molecular formula is C14H18N2O2. The van der Waals surface area contributed by atoms with Gasteiger partial charge in [-0.1, -0.05) is 0 Å². The molecule has 96 valence electrons. The summed E-state index contributed by atoms with van der Waals surface area (Å²) >= 11 is 0. The van der Waals surface area contributed by atoms with Gasteiger partial charge in [-0.15, -0.1) is 0 Å². The minimum atomic E-state index is 0.614. The Morgan fingerprint density at radius 3 is 2.89 bits per heavy atom. The van der Waals surface area contributed by atoms with Gasteiger partial charge in [-0.3, -0.25) is 0 Å². The number of methoxy groups -OCH3 is 1.